The van der Waals surface area contributed by atoms with E-state index >= 15 is 0 Å². The zero-order chi connectivity index (χ0) is 20.1. The Morgan fingerprint density at radius 3 is 2.40 bits per heavy atom. The number of likely N-dealkylation sites (tertiary alicyclic amines) is 1. The molecule has 2 aliphatic heterocycles. The van der Waals surface area contributed by atoms with Gasteiger partial charge in [-0.3, -0.25) is 14.7 Å². The number of hydrogen-bond donors (Lipinski definition) is 1. The predicted octanol–water partition coefficient (Wildman–Crippen LogP) is 2.61. The molecule has 1 aliphatic carbocycles. The van der Waals surface area contributed by atoms with Gasteiger partial charge < -0.3 is 15.1 Å². The second-order valence-electron chi connectivity index (χ2n) is 8.61. The molecule has 0 radical (unpaired) electrons. The Bertz CT molecular complexity index is 701. The van der Waals surface area contributed by atoms with Gasteiger partial charge in [-0.2, -0.15) is 0 Å². The number of rotatable bonds is 5. The molecule has 1 aromatic rings. The fourth-order valence-electron chi connectivity index (χ4n) is 4.71. The summed E-state index contributed by atoms with van der Waals surface area (Å²) in [4.78, 5) is 23.8. The smallest absolute Gasteiger partial charge is 0.225 e. The average Bonchev–Trinajstić information content (AvgIpc) is 3.21. The first kappa shape index (κ1) is 23.3. The Morgan fingerprint density at radius 1 is 1.03 bits per heavy atom. The van der Waals surface area contributed by atoms with Crippen LogP contribution in [0.1, 0.15) is 37.2 Å². The third-order valence-electron chi connectivity index (χ3n) is 6.82. The minimum Gasteiger partial charge on any atom is -0.355 e. The summed E-state index contributed by atoms with van der Waals surface area (Å²) in [5.41, 5.74) is 1.43. The molecule has 3 aliphatic rings. The van der Waals surface area contributed by atoms with E-state index in [0.717, 1.165) is 71.2 Å². The molecule has 6 nitrogen and oxygen atoms in total. The van der Waals surface area contributed by atoms with Gasteiger partial charge >= 0.3 is 0 Å². The first-order valence-corrected chi connectivity index (χ1v) is 11.3. The maximum Gasteiger partial charge on any atom is 0.225 e. The normalized spacial score (nSPS) is 23.1. The lowest BCUT2D eigenvalue weighted by Crippen LogP contribution is -2.52. The molecule has 0 bridgehead atoms. The maximum absolute atomic E-state index is 12.4. The molecule has 4 rings (SSSR count). The Labute approximate surface area is 198 Å². The molecule has 166 valence electrons. The number of carbonyl (C=O) groups excluding carboxylic acids is 1. The van der Waals surface area contributed by atoms with Crippen LogP contribution in [0.3, 0.4) is 0 Å². The van der Waals surface area contributed by atoms with Crippen LogP contribution >= 0.6 is 24.0 Å². The van der Waals surface area contributed by atoms with Crippen molar-refractivity contribution in [1.82, 2.24) is 20.0 Å². The summed E-state index contributed by atoms with van der Waals surface area (Å²) in [6.07, 6.45) is 4.61. The van der Waals surface area contributed by atoms with Crippen molar-refractivity contribution in [2.75, 3.05) is 59.4 Å². The van der Waals surface area contributed by atoms with Gasteiger partial charge in [0, 0.05) is 71.2 Å². The summed E-state index contributed by atoms with van der Waals surface area (Å²) in [6.45, 7) is 7.73. The number of halogens is 1. The van der Waals surface area contributed by atoms with E-state index in [1.54, 1.807) is 0 Å². The molecule has 1 unspecified atom stereocenters. The molecule has 3 fully saturated rings. The van der Waals surface area contributed by atoms with Crippen molar-refractivity contribution in [3.8, 4) is 0 Å². The molecule has 1 atom stereocenters. The van der Waals surface area contributed by atoms with E-state index in [4.69, 9.17) is 0 Å². The Balaban J connectivity index is 0.00000256. The number of amides is 1. The standard InChI is InChI=1S/C23H35N5O.HI/c1-24-23(28-12-10-21(18-28)19-6-3-2-4-7-19)25-11-13-26-14-16-27(17-15-26)22(29)20-8-5-9-20;/h2-4,6-7,20-21H,5,8-18H2,1H3,(H,24,25);1H. The van der Waals surface area contributed by atoms with Crippen LogP contribution in [0.4, 0.5) is 0 Å². The molecule has 0 aromatic heterocycles. The van der Waals surface area contributed by atoms with Gasteiger partial charge in [0.05, 0.1) is 0 Å². The summed E-state index contributed by atoms with van der Waals surface area (Å²) >= 11 is 0. The van der Waals surface area contributed by atoms with Crippen molar-refractivity contribution in [2.24, 2.45) is 10.9 Å². The molecule has 7 heteroatoms. The van der Waals surface area contributed by atoms with Gasteiger partial charge in [0.1, 0.15) is 0 Å². The molecule has 1 saturated carbocycles. The van der Waals surface area contributed by atoms with E-state index < -0.39 is 0 Å². The van der Waals surface area contributed by atoms with Crippen molar-refractivity contribution in [2.45, 2.75) is 31.6 Å². The van der Waals surface area contributed by atoms with Crippen molar-refractivity contribution in [3.63, 3.8) is 0 Å². The third kappa shape index (κ3) is 5.66. The second-order valence-corrected chi connectivity index (χ2v) is 8.61. The number of carbonyl (C=O) groups is 1. The number of benzene rings is 1. The van der Waals surface area contributed by atoms with E-state index in [1.807, 2.05) is 7.05 Å². The number of hydrogen-bond acceptors (Lipinski definition) is 3. The zero-order valence-electron chi connectivity index (χ0n) is 18.1. The predicted molar refractivity (Wildman–Crippen MR) is 133 cm³/mol. The molecule has 2 saturated heterocycles. The van der Waals surface area contributed by atoms with E-state index in [1.165, 1.54) is 18.4 Å². The molecule has 2 heterocycles. The fraction of sp³-hybridized carbons (Fsp3) is 0.652. The van der Waals surface area contributed by atoms with Gasteiger partial charge in [-0.15, -0.1) is 24.0 Å². The monoisotopic (exact) mass is 525 g/mol. The minimum atomic E-state index is 0. The molecule has 0 spiro atoms. The van der Waals surface area contributed by atoms with Crippen molar-refractivity contribution < 1.29 is 4.79 Å². The third-order valence-corrected chi connectivity index (χ3v) is 6.82. The largest absolute Gasteiger partial charge is 0.355 e. The van der Waals surface area contributed by atoms with Gasteiger partial charge in [-0.05, 0) is 24.8 Å². The number of piperazine rings is 1. The van der Waals surface area contributed by atoms with Gasteiger partial charge in [0.15, 0.2) is 5.96 Å². The summed E-state index contributed by atoms with van der Waals surface area (Å²) < 4.78 is 0. The number of guanidine groups is 1. The number of nitrogens with zero attached hydrogens (tertiary/aromatic N) is 4. The van der Waals surface area contributed by atoms with Crippen LogP contribution in [-0.4, -0.2) is 86.0 Å². The zero-order valence-corrected chi connectivity index (χ0v) is 20.5. The molecular weight excluding hydrogens is 489 g/mol. The molecular formula is C23H36IN5O. The minimum absolute atomic E-state index is 0. The van der Waals surface area contributed by atoms with Gasteiger partial charge in [-0.25, -0.2) is 0 Å². The van der Waals surface area contributed by atoms with Crippen LogP contribution in [-0.2, 0) is 4.79 Å². The van der Waals surface area contributed by atoms with Gasteiger partial charge in [0.25, 0.3) is 0 Å². The first-order chi connectivity index (χ1) is 14.2. The Morgan fingerprint density at radius 2 is 1.77 bits per heavy atom. The SMILES string of the molecule is CN=C(NCCN1CCN(C(=O)C2CCC2)CC1)N1CCC(c2ccccc2)C1.I. The molecule has 30 heavy (non-hydrogen) atoms. The first-order valence-electron chi connectivity index (χ1n) is 11.3. The van der Waals surface area contributed by atoms with E-state index in [2.05, 4.69) is 55.3 Å². The van der Waals surface area contributed by atoms with Crippen LogP contribution in [0, 0.1) is 5.92 Å². The summed E-state index contributed by atoms with van der Waals surface area (Å²) in [7, 11) is 1.88. The van der Waals surface area contributed by atoms with Crippen LogP contribution in [0.5, 0.6) is 0 Å². The highest BCUT2D eigenvalue weighted by Crippen LogP contribution is 2.28. The molecule has 1 N–H and O–H groups in total. The average molecular weight is 525 g/mol. The fourth-order valence-corrected chi connectivity index (χ4v) is 4.71. The lowest BCUT2D eigenvalue weighted by atomic mass is 9.84. The highest BCUT2D eigenvalue weighted by atomic mass is 127. The van der Waals surface area contributed by atoms with Crippen LogP contribution < -0.4 is 5.32 Å². The lowest BCUT2D eigenvalue weighted by Gasteiger charge is -2.38. The Kier molecular flexibility index (Phi) is 8.80. The molecule has 1 amide bonds. The topological polar surface area (TPSA) is 51.2 Å². The highest BCUT2D eigenvalue weighted by Gasteiger charge is 2.31. The van der Waals surface area contributed by atoms with Crippen LogP contribution in [0.25, 0.3) is 0 Å². The summed E-state index contributed by atoms with van der Waals surface area (Å²) in [5.74, 6) is 2.33. The summed E-state index contributed by atoms with van der Waals surface area (Å²) in [6, 6.07) is 10.8. The van der Waals surface area contributed by atoms with Gasteiger partial charge in [0.2, 0.25) is 5.91 Å². The van der Waals surface area contributed by atoms with Crippen LogP contribution in [0.2, 0.25) is 0 Å². The molecule has 1 aromatic carbocycles. The maximum atomic E-state index is 12.4. The summed E-state index contributed by atoms with van der Waals surface area (Å²) in [5, 5.41) is 3.55. The second kappa shape index (κ2) is 11.3. The highest BCUT2D eigenvalue weighted by molar-refractivity contribution is 14.0. The van der Waals surface area contributed by atoms with Crippen molar-refractivity contribution in [1.29, 1.82) is 0 Å². The van der Waals surface area contributed by atoms with E-state index in [-0.39, 0.29) is 24.0 Å². The van der Waals surface area contributed by atoms with E-state index in [0.29, 0.717) is 17.7 Å². The van der Waals surface area contributed by atoms with Crippen LogP contribution in [0.15, 0.2) is 35.3 Å². The number of nitrogens with one attached hydrogen (secondary N) is 1. The van der Waals surface area contributed by atoms with Crippen molar-refractivity contribution >= 4 is 35.8 Å². The van der Waals surface area contributed by atoms with Gasteiger partial charge in [-0.1, -0.05) is 36.8 Å². The number of aliphatic imine (C=N–C) groups is 1. The van der Waals surface area contributed by atoms with E-state index in [9.17, 15) is 4.79 Å². The lowest BCUT2D eigenvalue weighted by molar-refractivity contribution is -0.139. The Hall–Kier alpha value is -1.35. The quantitative estimate of drug-likeness (QED) is 0.365. The van der Waals surface area contributed by atoms with Crippen molar-refractivity contribution in [3.05, 3.63) is 35.9 Å².